The molecule has 0 unspecified atom stereocenters. The minimum absolute atomic E-state index is 0.0372. The molecule has 1 saturated heterocycles. The van der Waals surface area contributed by atoms with E-state index in [1.807, 2.05) is 0 Å². The Balaban J connectivity index is 2.38. The van der Waals surface area contributed by atoms with Crippen molar-refractivity contribution < 1.29 is 18.4 Å². The Labute approximate surface area is 110 Å². The van der Waals surface area contributed by atoms with Crippen LogP contribution in [-0.2, 0) is 9.59 Å². The highest BCUT2D eigenvalue weighted by atomic mass is 79.9. The molecular weight excluding hydrogens is 310 g/mol. The maximum atomic E-state index is 13.7. The number of benzene rings is 1. The van der Waals surface area contributed by atoms with E-state index in [-0.39, 0.29) is 35.6 Å². The van der Waals surface area contributed by atoms with Crippen molar-refractivity contribution in [3.63, 3.8) is 0 Å². The molecule has 1 aromatic rings. The summed E-state index contributed by atoms with van der Waals surface area (Å²) in [6.45, 7) is -0.118. The van der Waals surface area contributed by atoms with E-state index in [0.29, 0.717) is 6.07 Å². The first-order valence-corrected chi connectivity index (χ1v) is 6.00. The third-order valence-electron chi connectivity index (χ3n) is 2.58. The van der Waals surface area contributed by atoms with Crippen molar-refractivity contribution in [2.45, 2.75) is 6.42 Å². The second-order valence-corrected chi connectivity index (χ2v) is 4.64. The summed E-state index contributed by atoms with van der Waals surface area (Å²) in [4.78, 5) is 24.0. The fraction of sp³-hybridized carbons (Fsp3) is 0.273. The van der Waals surface area contributed by atoms with Crippen LogP contribution in [-0.4, -0.2) is 24.9 Å². The third-order valence-corrected chi connectivity index (χ3v) is 3.19. The molecule has 1 aliphatic heterocycles. The number of anilines is 1. The molecule has 1 heterocycles. The average molecular weight is 319 g/mol. The predicted molar refractivity (Wildman–Crippen MR) is 64.0 cm³/mol. The Kier molecular flexibility index (Phi) is 3.60. The molecule has 0 radical (unpaired) electrons. The molecule has 0 bridgehead atoms. The van der Waals surface area contributed by atoms with Gasteiger partial charge in [-0.25, -0.2) is 8.78 Å². The average Bonchev–Trinajstić information content (AvgIpc) is 2.47. The summed E-state index contributed by atoms with van der Waals surface area (Å²) in [6.07, 6.45) is 0.0835. The molecule has 0 saturated carbocycles. The van der Waals surface area contributed by atoms with Gasteiger partial charge in [-0.05, 0) is 22.0 Å². The maximum Gasteiger partial charge on any atom is 0.246 e. The Hall–Kier alpha value is -1.50. The second-order valence-electron chi connectivity index (χ2n) is 3.79. The summed E-state index contributed by atoms with van der Waals surface area (Å²) in [6, 6.07) is 1.89. The second kappa shape index (κ2) is 5.01. The molecule has 0 aromatic heterocycles. The number of amides is 2. The zero-order valence-electron chi connectivity index (χ0n) is 9.17. The first-order chi connectivity index (χ1) is 8.49. The van der Waals surface area contributed by atoms with Crippen molar-refractivity contribution in [3.05, 3.63) is 28.2 Å². The normalized spacial score (nSPS) is 16.5. The van der Waals surface area contributed by atoms with Crippen LogP contribution in [0.25, 0.3) is 0 Å². The maximum absolute atomic E-state index is 13.7. The molecule has 7 heteroatoms. The number of hydrogen-bond acceptors (Lipinski definition) is 2. The van der Waals surface area contributed by atoms with Gasteiger partial charge in [0.2, 0.25) is 11.8 Å². The molecule has 0 spiro atoms. The fourth-order valence-corrected chi connectivity index (χ4v) is 2.00. The lowest BCUT2D eigenvalue weighted by molar-refractivity contribution is -0.123. The van der Waals surface area contributed by atoms with Gasteiger partial charge < -0.3 is 10.2 Å². The number of nitrogens with zero attached hydrogens (tertiary/aromatic N) is 1. The van der Waals surface area contributed by atoms with Crippen LogP contribution < -0.4 is 10.2 Å². The standard InChI is InChI=1S/C11H9BrF2N2O2/c12-6-3-9(8(14)4-7(6)13)16-2-1-10(17)15-5-11(16)18/h3-4H,1-2,5H2,(H,15,17). The lowest BCUT2D eigenvalue weighted by Gasteiger charge is -2.20. The van der Waals surface area contributed by atoms with Gasteiger partial charge in [0.25, 0.3) is 0 Å². The highest BCUT2D eigenvalue weighted by Crippen LogP contribution is 2.27. The lowest BCUT2D eigenvalue weighted by atomic mass is 10.2. The molecule has 18 heavy (non-hydrogen) atoms. The molecule has 96 valence electrons. The van der Waals surface area contributed by atoms with Gasteiger partial charge >= 0.3 is 0 Å². The highest BCUT2D eigenvalue weighted by molar-refractivity contribution is 9.10. The SMILES string of the molecule is O=C1CCN(c2cc(Br)c(F)cc2F)C(=O)CN1. The van der Waals surface area contributed by atoms with E-state index in [0.717, 1.165) is 4.90 Å². The zero-order valence-corrected chi connectivity index (χ0v) is 10.8. The fourth-order valence-electron chi connectivity index (χ4n) is 1.67. The van der Waals surface area contributed by atoms with Crippen molar-refractivity contribution in [2.24, 2.45) is 0 Å². The molecule has 2 amide bonds. The number of nitrogens with one attached hydrogen (secondary N) is 1. The first-order valence-electron chi connectivity index (χ1n) is 5.20. The molecule has 0 atom stereocenters. The van der Waals surface area contributed by atoms with Gasteiger partial charge in [0.05, 0.1) is 16.7 Å². The number of carbonyl (C=O) groups excluding carboxylic acids is 2. The van der Waals surface area contributed by atoms with E-state index in [4.69, 9.17) is 0 Å². The Morgan fingerprint density at radius 2 is 1.94 bits per heavy atom. The molecule has 0 aliphatic carbocycles. The Bertz CT molecular complexity index is 522. The number of rotatable bonds is 1. The van der Waals surface area contributed by atoms with E-state index in [2.05, 4.69) is 21.2 Å². The summed E-state index contributed by atoms with van der Waals surface area (Å²) in [5.41, 5.74) is -0.0372. The van der Waals surface area contributed by atoms with Gasteiger partial charge in [-0.3, -0.25) is 9.59 Å². The largest absolute Gasteiger partial charge is 0.347 e. The van der Waals surface area contributed by atoms with Crippen LogP contribution in [0, 0.1) is 11.6 Å². The summed E-state index contributed by atoms with van der Waals surface area (Å²) < 4.78 is 26.8. The van der Waals surface area contributed by atoms with Gasteiger partial charge in [-0.1, -0.05) is 0 Å². The zero-order chi connectivity index (χ0) is 13.3. The van der Waals surface area contributed by atoms with Crippen molar-refractivity contribution in [1.29, 1.82) is 0 Å². The van der Waals surface area contributed by atoms with Crippen LogP contribution in [0.2, 0.25) is 0 Å². The Morgan fingerprint density at radius 1 is 1.22 bits per heavy atom. The van der Waals surface area contributed by atoms with Crippen LogP contribution in [0.15, 0.2) is 16.6 Å². The summed E-state index contributed by atoms with van der Waals surface area (Å²) in [5, 5.41) is 2.40. The van der Waals surface area contributed by atoms with Gasteiger partial charge in [0, 0.05) is 19.0 Å². The molecular formula is C11H9BrF2N2O2. The van der Waals surface area contributed by atoms with Crippen molar-refractivity contribution in [3.8, 4) is 0 Å². The topological polar surface area (TPSA) is 49.4 Å². The number of hydrogen-bond donors (Lipinski definition) is 1. The van der Waals surface area contributed by atoms with Crippen LogP contribution >= 0.6 is 15.9 Å². The number of carbonyl (C=O) groups is 2. The molecule has 1 N–H and O–H groups in total. The molecule has 1 aliphatic rings. The van der Waals surface area contributed by atoms with E-state index >= 15 is 0 Å². The summed E-state index contributed by atoms with van der Waals surface area (Å²) in [5.74, 6) is -2.28. The van der Waals surface area contributed by atoms with E-state index in [1.54, 1.807) is 0 Å². The van der Waals surface area contributed by atoms with Crippen LogP contribution in [0.1, 0.15) is 6.42 Å². The minimum atomic E-state index is -0.835. The van der Waals surface area contributed by atoms with Gasteiger partial charge in [0.15, 0.2) is 0 Å². The molecule has 2 rings (SSSR count). The molecule has 4 nitrogen and oxygen atoms in total. The predicted octanol–water partition coefficient (Wildman–Crippen LogP) is 1.58. The molecule has 1 fully saturated rings. The lowest BCUT2D eigenvalue weighted by Crippen LogP contribution is -2.35. The van der Waals surface area contributed by atoms with E-state index < -0.39 is 17.5 Å². The summed E-state index contributed by atoms with van der Waals surface area (Å²) in [7, 11) is 0. The highest BCUT2D eigenvalue weighted by Gasteiger charge is 2.24. The minimum Gasteiger partial charge on any atom is -0.347 e. The molecule has 1 aromatic carbocycles. The smallest absolute Gasteiger partial charge is 0.246 e. The van der Waals surface area contributed by atoms with Crippen molar-refractivity contribution in [1.82, 2.24) is 5.32 Å². The summed E-state index contributed by atoms with van der Waals surface area (Å²) >= 11 is 2.94. The monoisotopic (exact) mass is 318 g/mol. The number of halogens is 3. The van der Waals surface area contributed by atoms with Crippen LogP contribution in [0.4, 0.5) is 14.5 Å². The van der Waals surface area contributed by atoms with Crippen molar-refractivity contribution >= 4 is 33.4 Å². The van der Waals surface area contributed by atoms with Gasteiger partial charge in [0.1, 0.15) is 11.6 Å². The van der Waals surface area contributed by atoms with Crippen LogP contribution in [0.5, 0.6) is 0 Å². The van der Waals surface area contributed by atoms with E-state index in [9.17, 15) is 18.4 Å². The van der Waals surface area contributed by atoms with Crippen molar-refractivity contribution in [2.75, 3.05) is 18.0 Å². The Morgan fingerprint density at radius 3 is 2.67 bits per heavy atom. The third kappa shape index (κ3) is 2.50. The van der Waals surface area contributed by atoms with Gasteiger partial charge in [-0.2, -0.15) is 0 Å². The van der Waals surface area contributed by atoms with Gasteiger partial charge in [-0.15, -0.1) is 0 Å². The quantitative estimate of drug-likeness (QED) is 0.799. The van der Waals surface area contributed by atoms with Crippen LogP contribution in [0.3, 0.4) is 0 Å². The van der Waals surface area contributed by atoms with E-state index in [1.165, 1.54) is 6.07 Å². The first kappa shape index (κ1) is 12.9.